The van der Waals surface area contributed by atoms with Gasteiger partial charge in [0.1, 0.15) is 0 Å². The molecule has 0 aromatic heterocycles. The molecule has 1 atom stereocenters. The summed E-state index contributed by atoms with van der Waals surface area (Å²) in [6.45, 7) is 3.95. The van der Waals surface area contributed by atoms with E-state index in [1.807, 2.05) is 0 Å². The van der Waals surface area contributed by atoms with Crippen LogP contribution in [0.15, 0.2) is 24.3 Å². The summed E-state index contributed by atoms with van der Waals surface area (Å²) in [4.78, 5) is 2.21. The molecule has 0 bridgehead atoms. The van der Waals surface area contributed by atoms with Crippen LogP contribution >= 0.6 is 0 Å². The number of hydrogen-bond donors (Lipinski definition) is 1. The Labute approximate surface area is 86.7 Å². The minimum atomic E-state index is 0.566. The highest BCUT2D eigenvalue weighted by Gasteiger charge is 2.06. The maximum atomic E-state index is 5.61. The van der Waals surface area contributed by atoms with Gasteiger partial charge in [0.2, 0.25) is 0 Å². The number of benzene rings is 1. The molecule has 0 saturated carbocycles. The third-order valence-corrected chi connectivity index (χ3v) is 2.39. The van der Waals surface area contributed by atoms with Crippen molar-refractivity contribution in [3.8, 4) is 0 Å². The summed E-state index contributed by atoms with van der Waals surface area (Å²) >= 11 is 0. The van der Waals surface area contributed by atoms with Crippen molar-refractivity contribution in [3.05, 3.63) is 35.4 Å². The molecular weight excluding hydrogens is 172 g/mol. The molecule has 2 nitrogen and oxygen atoms in total. The predicted molar refractivity (Wildman–Crippen MR) is 61.3 cm³/mol. The van der Waals surface area contributed by atoms with E-state index in [9.17, 15) is 0 Å². The highest BCUT2D eigenvalue weighted by Crippen LogP contribution is 2.16. The van der Waals surface area contributed by atoms with Gasteiger partial charge in [-0.1, -0.05) is 31.2 Å². The third-order valence-electron chi connectivity index (χ3n) is 2.39. The van der Waals surface area contributed by atoms with Gasteiger partial charge in [-0.2, -0.15) is 0 Å². The highest BCUT2D eigenvalue weighted by atomic mass is 15.1. The van der Waals surface area contributed by atoms with Crippen molar-refractivity contribution in [1.29, 1.82) is 0 Å². The summed E-state index contributed by atoms with van der Waals surface area (Å²) in [7, 11) is 4.20. The lowest BCUT2D eigenvalue weighted by Gasteiger charge is -2.17. The van der Waals surface area contributed by atoms with Gasteiger partial charge < -0.3 is 10.6 Å². The Kier molecular flexibility index (Phi) is 4.11. The van der Waals surface area contributed by atoms with Gasteiger partial charge in [0.25, 0.3) is 0 Å². The molecule has 78 valence electrons. The quantitative estimate of drug-likeness (QED) is 0.788. The molecule has 0 saturated heterocycles. The number of nitrogens with zero attached hydrogens (tertiary/aromatic N) is 1. The zero-order chi connectivity index (χ0) is 10.6. The van der Waals surface area contributed by atoms with E-state index in [1.54, 1.807) is 0 Å². The summed E-state index contributed by atoms with van der Waals surface area (Å²) in [6.07, 6.45) is 0. The normalized spacial score (nSPS) is 13.2. The first-order valence-corrected chi connectivity index (χ1v) is 5.07. The van der Waals surface area contributed by atoms with Crippen LogP contribution in [-0.4, -0.2) is 25.5 Å². The number of hydrogen-bond acceptors (Lipinski definition) is 2. The van der Waals surface area contributed by atoms with Crippen molar-refractivity contribution < 1.29 is 0 Å². The van der Waals surface area contributed by atoms with Gasteiger partial charge in [-0.25, -0.2) is 0 Å². The van der Waals surface area contributed by atoms with Gasteiger partial charge in [0.05, 0.1) is 0 Å². The maximum absolute atomic E-state index is 5.61. The second-order valence-electron chi connectivity index (χ2n) is 4.11. The Morgan fingerprint density at radius 2 is 2.07 bits per heavy atom. The molecule has 2 N–H and O–H groups in total. The zero-order valence-electron chi connectivity index (χ0n) is 9.33. The van der Waals surface area contributed by atoms with E-state index in [4.69, 9.17) is 5.73 Å². The van der Waals surface area contributed by atoms with E-state index in [0.717, 1.165) is 6.54 Å². The van der Waals surface area contributed by atoms with Crippen LogP contribution < -0.4 is 5.73 Å². The fourth-order valence-electron chi connectivity index (χ4n) is 1.68. The van der Waals surface area contributed by atoms with Crippen LogP contribution in [0.1, 0.15) is 24.0 Å². The molecule has 1 aromatic rings. The summed E-state index contributed by atoms with van der Waals surface area (Å²) in [5.74, 6) is 0.566. The molecule has 1 rings (SSSR count). The summed E-state index contributed by atoms with van der Waals surface area (Å²) in [6, 6.07) is 8.54. The second-order valence-corrected chi connectivity index (χ2v) is 4.11. The van der Waals surface area contributed by atoms with Crippen LogP contribution in [0, 0.1) is 0 Å². The SMILES string of the molecule is CC(CN(C)C)c1cccc(CN)c1. The fourth-order valence-corrected chi connectivity index (χ4v) is 1.68. The first kappa shape index (κ1) is 11.2. The number of rotatable bonds is 4. The standard InChI is InChI=1S/C12H20N2/c1-10(9-14(2)3)12-6-4-5-11(7-12)8-13/h4-7,10H,8-9,13H2,1-3H3. The van der Waals surface area contributed by atoms with Gasteiger partial charge in [0, 0.05) is 13.1 Å². The van der Waals surface area contributed by atoms with Gasteiger partial charge in [-0.3, -0.25) is 0 Å². The van der Waals surface area contributed by atoms with Gasteiger partial charge in [0.15, 0.2) is 0 Å². The first-order valence-electron chi connectivity index (χ1n) is 5.07. The average Bonchev–Trinajstić information content (AvgIpc) is 2.17. The van der Waals surface area contributed by atoms with Crippen molar-refractivity contribution in [2.24, 2.45) is 5.73 Å². The Balaban J connectivity index is 2.73. The van der Waals surface area contributed by atoms with Gasteiger partial charge >= 0.3 is 0 Å². The lowest BCUT2D eigenvalue weighted by atomic mass is 9.99. The largest absolute Gasteiger partial charge is 0.326 e. The molecule has 0 amide bonds. The van der Waals surface area contributed by atoms with E-state index in [2.05, 4.69) is 50.2 Å². The van der Waals surface area contributed by atoms with Crippen LogP contribution in [-0.2, 0) is 6.54 Å². The summed E-state index contributed by atoms with van der Waals surface area (Å²) < 4.78 is 0. The predicted octanol–water partition coefficient (Wildman–Crippen LogP) is 1.81. The molecule has 0 aliphatic heterocycles. The van der Waals surface area contributed by atoms with E-state index in [1.165, 1.54) is 11.1 Å². The van der Waals surface area contributed by atoms with E-state index in [-0.39, 0.29) is 0 Å². The molecule has 1 aromatic carbocycles. The maximum Gasteiger partial charge on any atom is 0.0178 e. The van der Waals surface area contributed by atoms with Crippen LogP contribution in [0.2, 0.25) is 0 Å². The van der Waals surface area contributed by atoms with Crippen molar-refractivity contribution in [2.45, 2.75) is 19.4 Å². The monoisotopic (exact) mass is 192 g/mol. The Morgan fingerprint density at radius 1 is 1.36 bits per heavy atom. The van der Waals surface area contributed by atoms with Gasteiger partial charge in [-0.05, 0) is 31.1 Å². The van der Waals surface area contributed by atoms with Crippen molar-refractivity contribution in [1.82, 2.24) is 4.90 Å². The van der Waals surface area contributed by atoms with Gasteiger partial charge in [-0.15, -0.1) is 0 Å². The van der Waals surface area contributed by atoms with Crippen molar-refractivity contribution in [3.63, 3.8) is 0 Å². The fraction of sp³-hybridized carbons (Fsp3) is 0.500. The Morgan fingerprint density at radius 3 is 2.64 bits per heavy atom. The topological polar surface area (TPSA) is 29.3 Å². The van der Waals surface area contributed by atoms with Crippen LogP contribution in [0.4, 0.5) is 0 Å². The van der Waals surface area contributed by atoms with Crippen LogP contribution in [0.3, 0.4) is 0 Å². The Bertz CT molecular complexity index is 281. The first-order chi connectivity index (χ1) is 6.63. The lowest BCUT2D eigenvalue weighted by molar-refractivity contribution is 0.383. The van der Waals surface area contributed by atoms with Crippen LogP contribution in [0.5, 0.6) is 0 Å². The highest BCUT2D eigenvalue weighted by molar-refractivity contribution is 5.26. The number of likely N-dealkylation sites (N-methyl/N-ethyl adjacent to an activating group) is 1. The summed E-state index contributed by atoms with van der Waals surface area (Å²) in [5.41, 5.74) is 8.20. The molecular formula is C12H20N2. The zero-order valence-corrected chi connectivity index (χ0v) is 9.33. The molecule has 14 heavy (non-hydrogen) atoms. The molecule has 0 heterocycles. The van der Waals surface area contributed by atoms with Crippen LogP contribution in [0.25, 0.3) is 0 Å². The summed E-state index contributed by atoms with van der Waals surface area (Å²) in [5, 5.41) is 0. The van der Waals surface area contributed by atoms with E-state index >= 15 is 0 Å². The number of nitrogens with two attached hydrogens (primary N) is 1. The average molecular weight is 192 g/mol. The molecule has 0 radical (unpaired) electrons. The minimum Gasteiger partial charge on any atom is -0.326 e. The van der Waals surface area contributed by atoms with E-state index in [0.29, 0.717) is 12.5 Å². The van der Waals surface area contributed by atoms with Crippen molar-refractivity contribution >= 4 is 0 Å². The lowest BCUT2D eigenvalue weighted by Crippen LogP contribution is -2.18. The Hall–Kier alpha value is -0.860. The molecule has 0 fully saturated rings. The minimum absolute atomic E-state index is 0.566. The molecule has 1 unspecified atom stereocenters. The molecule has 0 aliphatic rings. The van der Waals surface area contributed by atoms with Crippen molar-refractivity contribution in [2.75, 3.05) is 20.6 Å². The molecule has 0 spiro atoms. The third kappa shape index (κ3) is 3.13. The molecule has 2 heteroatoms. The second kappa shape index (κ2) is 5.13. The molecule has 0 aliphatic carbocycles. The smallest absolute Gasteiger partial charge is 0.0178 e. The van der Waals surface area contributed by atoms with E-state index < -0.39 is 0 Å².